The van der Waals surface area contributed by atoms with Gasteiger partial charge in [0.25, 0.3) is 0 Å². The molecule has 1 aliphatic carbocycles. The summed E-state index contributed by atoms with van der Waals surface area (Å²) in [7, 11) is 0. The van der Waals surface area contributed by atoms with Gasteiger partial charge in [-0.1, -0.05) is 32.4 Å². The first-order chi connectivity index (χ1) is 9.95. The Kier molecular flexibility index (Phi) is 4.10. The number of nitrogens with zero attached hydrogens (tertiary/aromatic N) is 2. The van der Waals surface area contributed by atoms with Crippen LogP contribution in [-0.2, 0) is 6.42 Å². The van der Waals surface area contributed by atoms with E-state index in [0.717, 1.165) is 28.3 Å². The number of aromatic nitrogens is 2. The summed E-state index contributed by atoms with van der Waals surface area (Å²) in [6.07, 6.45) is 2.05. The van der Waals surface area contributed by atoms with Gasteiger partial charge in [-0.2, -0.15) is 0 Å². The van der Waals surface area contributed by atoms with E-state index >= 15 is 0 Å². The van der Waals surface area contributed by atoms with Crippen molar-refractivity contribution in [3.8, 4) is 11.6 Å². The van der Waals surface area contributed by atoms with E-state index in [1.807, 2.05) is 12.1 Å². The molecule has 0 saturated heterocycles. The van der Waals surface area contributed by atoms with Crippen LogP contribution in [0.25, 0.3) is 11.6 Å². The zero-order chi connectivity index (χ0) is 15.1. The minimum atomic E-state index is 0.438. The maximum absolute atomic E-state index is 6.22. The van der Waals surface area contributed by atoms with Crippen LogP contribution >= 0.6 is 27.5 Å². The van der Waals surface area contributed by atoms with Crippen molar-refractivity contribution < 1.29 is 4.42 Å². The van der Waals surface area contributed by atoms with Crippen molar-refractivity contribution >= 4 is 27.5 Å². The Bertz CT molecular complexity index is 668. The van der Waals surface area contributed by atoms with Gasteiger partial charge in [-0.25, -0.2) is 9.97 Å². The summed E-state index contributed by atoms with van der Waals surface area (Å²) in [5.41, 5.74) is 0.928. The monoisotopic (exact) mass is 368 g/mol. The Hall–Kier alpha value is -0.870. The molecule has 3 nitrogen and oxygen atoms in total. The van der Waals surface area contributed by atoms with Gasteiger partial charge in [-0.15, -0.1) is 0 Å². The molecule has 1 saturated carbocycles. The zero-order valence-electron chi connectivity index (χ0n) is 12.4. The highest BCUT2D eigenvalue weighted by atomic mass is 79.9. The first-order valence-electron chi connectivity index (χ1n) is 7.27. The van der Waals surface area contributed by atoms with E-state index < -0.39 is 0 Å². The van der Waals surface area contributed by atoms with Gasteiger partial charge < -0.3 is 4.42 Å². The van der Waals surface area contributed by atoms with Crippen LogP contribution in [0.4, 0.5) is 0 Å². The molecule has 0 spiro atoms. The molecule has 0 radical (unpaired) electrons. The van der Waals surface area contributed by atoms with Crippen molar-refractivity contribution in [3.63, 3.8) is 0 Å². The fourth-order valence-electron chi connectivity index (χ4n) is 2.49. The Labute approximate surface area is 138 Å². The highest BCUT2D eigenvalue weighted by Gasteiger charge is 2.36. The Balaban J connectivity index is 1.94. The van der Waals surface area contributed by atoms with Gasteiger partial charge in [0, 0.05) is 5.92 Å². The van der Waals surface area contributed by atoms with Crippen LogP contribution in [0.15, 0.2) is 21.0 Å². The molecule has 3 rings (SSSR count). The van der Waals surface area contributed by atoms with Crippen LogP contribution in [0.2, 0.25) is 5.15 Å². The second-order valence-corrected chi connectivity index (χ2v) is 7.37. The van der Waals surface area contributed by atoms with Gasteiger partial charge in [0.2, 0.25) is 0 Å². The van der Waals surface area contributed by atoms with Gasteiger partial charge >= 0.3 is 0 Å². The third-order valence-electron chi connectivity index (χ3n) is 3.80. The number of rotatable bonds is 4. The second-order valence-electron chi connectivity index (χ2n) is 6.22. The lowest BCUT2D eigenvalue weighted by molar-refractivity contribution is 0.514. The number of hydrogen-bond acceptors (Lipinski definition) is 3. The normalized spacial score (nSPS) is 21.0. The number of hydrogen-bond donors (Lipinski definition) is 0. The van der Waals surface area contributed by atoms with Crippen LogP contribution in [0.3, 0.4) is 0 Å². The van der Waals surface area contributed by atoms with E-state index in [2.05, 4.69) is 46.7 Å². The molecule has 1 fully saturated rings. The molecule has 0 N–H and O–H groups in total. The molecule has 1 aliphatic rings. The maximum Gasteiger partial charge on any atom is 0.197 e. The fraction of sp³-hybridized carbons (Fsp3) is 0.500. The molecule has 0 amide bonds. The van der Waals surface area contributed by atoms with Crippen molar-refractivity contribution in [2.24, 2.45) is 11.8 Å². The molecule has 0 bridgehead atoms. The Morgan fingerprint density at radius 3 is 2.71 bits per heavy atom. The summed E-state index contributed by atoms with van der Waals surface area (Å²) >= 11 is 9.69. The highest BCUT2D eigenvalue weighted by Crippen LogP contribution is 2.48. The van der Waals surface area contributed by atoms with Crippen molar-refractivity contribution in [2.75, 3.05) is 0 Å². The molecule has 2 atom stereocenters. The van der Waals surface area contributed by atoms with Crippen LogP contribution in [0, 0.1) is 11.8 Å². The molecule has 0 aromatic carbocycles. The van der Waals surface area contributed by atoms with Crippen LogP contribution in [-0.4, -0.2) is 9.97 Å². The lowest BCUT2D eigenvalue weighted by atomic mass is 10.1. The molecule has 2 aromatic rings. The first-order valence-corrected chi connectivity index (χ1v) is 8.44. The van der Waals surface area contributed by atoms with Gasteiger partial charge in [0.05, 0.1) is 10.2 Å². The highest BCUT2D eigenvalue weighted by molar-refractivity contribution is 9.10. The van der Waals surface area contributed by atoms with Crippen molar-refractivity contribution in [1.29, 1.82) is 0 Å². The lowest BCUT2D eigenvalue weighted by Crippen LogP contribution is -2.02. The lowest BCUT2D eigenvalue weighted by Gasteiger charge is -2.09. The summed E-state index contributed by atoms with van der Waals surface area (Å²) in [4.78, 5) is 8.96. The predicted molar refractivity (Wildman–Crippen MR) is 87.5 cm³/mol. The van der Waals surface area contributed by atoms with Gasteiger partial charge in [0.15, 0.2) is 11.6 Å². The van der Waals surface area contributed by atoms with Crippen LogP contribution in [0.1, 0.15) is 44.6 Å². The smallest absolute Gasteiger partial charge is 0.197 e. The van der Waals surface area contributed by atoms with Crippen LogP contribution in [0.5, 0.6) is 0 Å². The summed E-state index contributed by atoms with van der Waals surface area (Å²) in [6, 6.07) is 3.98. The van der Waals surface area contributed by atoms with Crippen molar-refractivity contribution in [1.82, 2.24) is 9.97 Å². The summed E-state index contributed by atoms with van der Waals surface area (Å²) in [5, 5.41) is 0.438. The number of furan rings is 1. The topological polar surface area (TPSA) is 38.9 Å². The molecule has 2 aromatic heterocycles. The molecule has 2 unspecified atom stereocenters. The average Bonchev–Trinajstić information content (AvgIpc) is 2.96. The summed E-state index contributed by atoms with van der Waals surface area (Å²) in [6.45, 7) is 6.55. The standard InChI is InChI=1S/C16H18BrClN2O/c1-8(2)6-11-14(17)15(18)20-16(19-11)13-5-4-12(21-13)10-7-9(10)3/h4-5,8-10H,6-7H2,1-3H3. The van der Waals surface area contributed by atoms with E-state index in [1.54, 1.807) is 0 Å². The minimum Gasteiger partial charge on any atom is -0.457 e. The van der Waals surface area contributed by atoms with E-state index in [9.17, 15) is 0 Å². The second kappa shape index (κ2) is 5.73. The minimum absolute atomic E-state index is 0.438. The third-order valence-corrected chi connectivity index (χ3v) is 5.14. The Morgan fingerprint density at radius 2 is 2.10 bits per heavy atom. The molecule has 0 aliphatic heterocycles. The van der Waals surface area contributed by atoms with Gasteiger partial charge in [-0.05, 0) is 52.7 Å². The van der Waals surface area contributed by atoms with Gasteiger partial charge in [-0.3, -0.25) is 0 Å². The van der Waals surface area contributed by atoms with Crippen molar-refractivity contribution in [2.45, 2.75) is 39.5 Å². The van der Waals surface area contributed by atoms with Crippen LogP contribution < -0.4 is 0 Å². The third kappa shape index (κ3) is 3.16. The molecule has 5 heteroatoms. The predicted octanol–water partition coefficient (Wildman–Crippen LogP) is 5.47. The molecule has 21 heavy (non-hydrogen) atoms. The fourth-order valence-corrected chi connectivity index (χ4v) is 3.01. The SMILES string of the molecule is CC(C)Cc1nc(-c2ccc(C3CC3C)o2)nc(Cl)c1Br. The first kappa shape index (κ1) is 15.0. The number of halogens is 2. The van der Waals surface area contributed by atoms with E-state index in [0.29, 0.717) is 28.6 Å². The quantitative estimate of drug-likeness (QED) is 0.670. The molecule has 2 heterocycles. The Morgan fingerprint density at radius 1 is 1.38 bits per heavy atom. The zero-order valence-corrected chi connectivity index (χ0v) is 14.7. The van der Waals surface area contributed by atoms with Crippen molar-refractivity contribution in [3.05, 3.63) is 33.2 Å². The molecule has 112 valence electrons. The van der Waals surface area contributed by atoms with E-state index in [4.69, 9.17) is 16.0 Å². The maximum atomic E-state index is 6.22. The van der Waals surface area contributed by atoms with E-state index in [-0.39, 0.29) is 0 Å². The largest absolute Gasteiger partial charge is 0.457 e. The molecular formula is C16H18BrClN2O. The summed E-state index contributed by atoms with van der Waals surface area (Å²) in [5.74, 6) is 4.07. The molecular weight excluding hydrogens is 352 g/mol. The van der Waals surface area contributed by atoms with Gasteiger partial charge in [0.1, 0.15) is 10.9 Å². The summed E-state index contributed by atoms with van der Waals surface area (Å²) < 4.78 is 6.70. The van der Waals surface area contributed by atoms with E-state index in [1.165, 1.54) is 6.42 Å². The average molecular weight is 370 g/mol.